The second-order valence-electron chi connectivity index (χ2n) is 3.88. The Kier molecular flexibility index (Phi) is 3.61. The largest absolute Gasteiger partial charge is 0.508 e. The van der Waals surface area contributed by atoms with Crippen LogP contribution in [0.4, 0.5) is 0 Å². The van der Waals surface area contributed by atoms with Crippen LogP contribution >= 0.6 is 0 Å². The van der Waals surface area contributed by atoms with Crippen molar-refractivity contribution in [3.63, 3.8) is 0 Å². The molecule has 0 radical (unpaired) electrons. The summed E-state index contributed by atoms with van der Waals surface area (Å²) in [6.45, 7) is 0. The van der Waals surface area contributed by atoms with Crippen LogP contribution in [0.1, 0.15) is 21.6 Å². The van der Waals surface area contributed by atoms with Crippen molar-refractivity contribution in [2.45, 2.75) is 6.42 Å². The third kappa shape index (κ3) is 2.79. The van der Waals surface area contributed by atoms with Crippen LogP contribution in [0.2, 0.25) is 0 Å². The molecule has 6 nitrogen and oxygen atoms in total. The summed E-state index contributed by atoms with van der Waals surface area (Å²) < 4.78 is 4.55. The van der Waals surface area contributed by atoms with Gasteiger partial charge in [0, 0.05) is 24.4 Å². The Morgan fingerprint density at radius 2 is 2.26 bits per heavy atom. The summed E-state index contributed by atoms with van der Waals surface area (Å²) in [4.78, 5) is 29.2. The topological polar surface area (TPSA) is 92.3 Å². The van der Waals surface area contributed by atoms with Gasteiger partial charge in [-0.05, 0) is 12.1 Å². The first kappa shape index (κ1) is 12.8. The molecule has 98 valence electrons. The first-order chi connectivity index (χ1) is 9.11. The highest BCUT2D eigenvalue weighted by Crippen LogP contribution is 2.21. The second kappa shape index (κ2) is 5.34. The normalized spacial score (nSPS) is 10.2. The highest BCUT2D eigenvalue weighted by atomic mass is 16.5. The van der Waals surface area contributed by atoms with Gasteiger partial charge in [0.25, 0.3) is 5.56 Å². The number of carbonyl (C=O) groups is 1. The Labute approximate surface area is 108 Å². The smallest absolute Gasteiger partial charge is 0.337 e. The number of carbonyl (C=O) groups excluding carboxylic acids is 1. The number of rotatable bonds is 3. The maximum atomic E-state index is 11.5. The lowest BCUT2D eigenvalue weighted by Crippen LogP contribution is -2.14. The molecule has 2 rings (SSSR count). The van der Waals surface area contributed by atoms with E-state index in [-0.39, 0.29) is 23.3 Å². The number of ether oxygens (including phenoxy) is 1. The predicted octanol–water partition coefficient (Wildman–Crippen LogP) is 0.853. The van der Waals surface area contributed by atoms with Crippen LogP contribution in [0.25, 0.3) is 0 Å². The minimum atomic E-state index is -0.530. The lowest BCUT2D eigenvalue weighted by atomic mass is 10.1. The molecule has 0 saturated carbocycles. The number of aromatic hydroxyl groups is 1. The van der Waals surface area contributed by atoms with Gasteiger partial charge < -0.3 is 14.8 Å². The number of esters is 1. The number of aromatic nitrogens is 2. The highest BCUT2D eigenvalue weighted by Gasteiger charge is 2.11. The van der Waals surface area contributed by atoms with E-state index in [1.165, 1.54) is 31.6 Å². The molecule has 2 aromatic rings. The number of benzene rings is 1. The monoisotopic (exact) mass is 260 g/mol. The molecule has 1 aromatic carbocycles. The van der Waals surface area contributed by atoms with E-state index in [2.05, 4.69) is 14.7 Å². The molecule has 0 unspecified atom stereocenters. The quantitative estimate of drug-likeness (QED) is 0.798. The van der Waals surface area contributed by atoms with Crippen molar-refractivity contribution in [2.75, 3.05) is 7.11 Å². The van der Waals surface area contributed by atoms with Gasteiger partial charge >= 0.3 is 5.97 Å². The molecule has 0 amide bonds. The van der Waals surface area contributed by atoms with E-state index < -0.39 is 5.97 Å². The van der Waals surface area contributed by atoms with Crippen molar-refractivity contribution in [3.8, 4) is 5.75 Å². The number of nitrogens with zero attached hydrogens (tertiary/aromatic N) is 1. The van der Waals surface area contributed by atoms with Crippen molar-refractivity contribution < 1.29 is 14.6 Å². The van der Waals surface area contributed by atoms with E-state index >= 15 is 0 Å². The van der Waals surface area contributed by atoms with Crippen LogP contribution in [0, 0.1) is 0 Å². The van der Waals surface area contributed by atoms with Crippen molar-refractivity contribution in [1.29, 1.82) is 0 Å². The van der Waals surface area contributed by atoms with Gasteiger partial charge in [0.15, 0.2) is 0 Å². The van der Waals surface area contributed by atoms with Crippen LogP contribution in [0.3, 0.4) is 0 Å². The minimum Gasteiger partial charge on any atom is -0.508 e. The lowest BCUT2D eigenvalue weighted by Gasteiger charge is -2.05. The second-order valence-corrected chi connectivity index (χ2v) is 3.88. The van der Waals surface area contributed by atoms with Crippen molar-refractivity contribution in [3.05, 3.63) is 57.8 Å². The maximum absolute atomic E-state index is 11.5. The number of hydrogen-bond donors (Lipinski definition) is 2. The zero-order valence-corrected chi connectivity index (χ0v) is 10.2. The van der Waals surface area contributed by atoms with E-state index in [0.717, 1.165) is 0 Å². The molecule has 0 atom stereocenters. The molecule has 0 spiro atoms. The van der Waals surface area contributed by atoms with Gasteiger partial charge in [-0.2, -0.15) is 0 Å². The first-order valence-electron chi connectivity index (χ1n) is 5.54. The lowest BCUT2D eigenvalue weighted by molar-refractivity contribution is 0.0600. The molecular weight excluding hydrogens is 248 g/mol. The molecule has 0 aliphatic rings. The number of phenols is 1. The Hall–Kier alpha value is -2.63. The van der Waals surface area contributed by atoms with Gasteiger partial charge in [-0.1, -0.05) is 6.07 Å². The minimum absolute atomic E-state index is 0.0760. The third-order valence-electron chi connectivity index (χ3n) is 2.65. The van der Waals surface area contributed by atoms with E-state index in [4.69, 9.17) is 0 Å². The summed E-state index contributed by atoms with van der Waals surface area (Å²) in [5.41, 5.74) is 0.748. The molecule has 1 aromatic heterocycles. The van der Waals surface area contributed by atoms with E-state index in [9.17, 15) is 14.7 Å². The van der Waals surface area contributed by atoms with E-state index in [0.29, 0.717) is 11.3 Å². The number of hydrogen-bond acceptors (Lipinski definition) is 5. The van der Waals surface area contributed by atoms with Crippen LogP contribution in [0.15, 0.2) is 35.4 Å². The fourth-order valence-electron chi connectivity index (χ4n) is 1.65. The van der Waals surface area contributed by atoms with Gasteiger partial charge in [0.2, 0.25) is 0 Å². The van der Waals surface area contributed by atoms with Crippen LogP contribution in [-0.4, -0.2) is 28.2 Å². The van der Waals surface area contributed by atoms with Crippen LogP contribution < -0.4 is 5.56 Å². The van der Waals surface area contributed by atoms with Gasteiger partial charge in [-0.25, -0.2) is 4.79 Å². The fraction of sp³-hybridized carbons (Fsp3) is 0.154. The van der Waals surface area contributed by atoms with E-state index in [1.54, 1.807) is 6.07 Å². The fourth-order valence-corrected chi connectivity index (χ4v) is 1.65. The highest BCUT2D eigenvalue weighted by molar-refractivity contribution is 5.89. The summed E-state index contributed by atoms with van der Waals surface area (Å²) in [5.74, 6) is -0.606. The molecule has 0 bridgehead atoms. The molecular formula is C13H12N2O4. The number of methoxy groups -OCH3 is 1. The van der Waals surface area contributed by atoms with Crippen LogP contribution in [0.5, 0.6) is 5.75 Å². The SMILES string of the molecule is COC(=O)c1ccc(Cc2ncc[nH]c2=O)c(O)c1. The molecule has 19 heavy (non-hydrogen) atoms. The Morgan fingerprint density at radius 3 is 2.89 bits per heavy atom. The Bertz CT molecular complexity index is 664. The number of phenolic OH excluding ortho intramolecular Hbond substituents is 1. The zero-order valence-electron chi connectivity index (χ0n) is 10.2. The van der Waals surface area contributed by atoms with Crippen molar-refractivity contribution in [1.82, 2.24) is 9.97 Å². The average Bonchev–Trinajstić information content (AvgIpc) is 2.42. The zero-order chi connectivity index (χ0) is 13.8. The van der Waals surface area contributed by atoms with Gasteiger partial charge in [0.05, 0.1) is 12.7 Å². The summed E-state index contributed by atoms with van der Waals surface area (Å²) >= 11 is 0. The van der Waals surface area contributed by atoms with Crippen LogP contribution in [-0.2, 0) is 11.2 Å². The summed E-state index contributed by atoms with van der Waals surface area (Å²) in [6.07, 6.45) is 3.09. The average molecular weight is 260 g/mol. The molecule has 1 heterocycles. The Balaban J connectivity index is 2.30. The van der Waals surface area contributed by atoms with Gasteiger partial charge in [-0.15, -0.1) is 0 Å². The molecule has 0 aliphatic carbocycles. The van der Waals surface area contributed by atoms with Crippen molar-refractivity contribution in [2.24, 2.45) is 0 Å². The number of H-pyrrole nitrogens is 1. The first-order valence-corrected chi connectivity index (χ1v) is 5.54. The predicted molar refractivity (Wildman–Crippen MR) is 67.1 cm³/mol. The summed E-state index contributed by atoms with van der Waals surface area (Å²) in [6, 6.07) is 4.39. The standard InChI is InChI=1S/C13H12N2O4/c1-19-13(18)9-3-2-8(11(16)7-9)6-10-12(17)15-5-4-14-10/h2-5,7,16H,6H2,1H3,(H,15,17). The third-order valence-corrected chi connectivity index (χ3v) is 2.65. The number of nitrogens with one attached hydrogen (secondary N) is 1. The van der Waals surface area contributed by atoms with Gasteiger partial charge in [0.1, 0.15) is 11.4 Å². The summed E-state index contributed by atoms with van der Waals surface area (Å²) in [7, 11) is 1.26. The molecule has 0 aliphatic heterocycles. The Morgan fingerprint density at radius 1 is 1.47 bits per heavy atom. The maximum Gasteiger partial charge on any atom is 0.337 e. The van der Waals surface area contributed by atoms with E-state index in [1.807, 2.05) is 0 Å². The molecule has 6 heteroatoms. The molecule has 0 fully saturated rings. The number of aromatic amines is 1. The molecule has 0 saturated heterocycles. The molecule has 2 N–H and O–H groups in total. The van der Waals surface area contributed by atoms with Crippen molar-refractivity contribution >= 4 is 5.97 Å². The van der Waals surface area contributed by atoms with Gasteiger partial charge in [-0.3, -0.25) is 9.78 Å². The summed E-state index contributed by atoms with van der Waals surface area (Å²) in [5, 5.41) is 9.84.